The van der Waals surface area contributed by atoms with Crippen LogP contribution in [-0.2, 0) is 4.79 Å². The van der Waals surface area contributed by atoms with Crippen LogP contribution >= 0.6 is 0 Å². The van der Waals surface area contributed by atoms with Crippen molar-refractivity contribution in [1.29, 1.82) is 0 Å². The van der Waals surface area contributed by atoms with Crippen LogP contribution in [0.15, 0.2) is 29.5 Å². The van der Waals surface area contributed by atoms with Gasteiger partial charge in [-0.3, -0.25) is 9.89 Å². The number of amides is 1. The van der Waals surface area contributed by atoms with Crippen molar-refractivity contribution in [3.8, 4) is 0 Å². The first-order valence-corrected chi connectivity index (χ1v) is 6.62. The molecule has 4 rings (SSSR count). The van der Waals surface area contributed by atoms with Crippen molar-refractivity contribution in [3.05, 3.63) is 24.4 Å². The summed E-state index contributed by atoms with van der Waals surface area (Å²) in [5, 5.41) is 13.9. The van der Waals surface area contributed by atoms with E-state index in [0.29, 0.717) is 6.42 Å². The quantitative estimate of drug-likeness (QED) is 0.914. The maximum Gasteiger partial charge on any atom is 0.253 e. The number of hydrogen-bond acceptors (Lipinski definition) is 3. The van der Waals surface area contributed by atoms with E-state index in [-0.39, 0.29) is 5.91 Å². The largest absolute Gasteiger partial charge is 0.278 e. The number of aromatic amines is 1. The van der Waals surface area contributed by atoms with Crippen LogP contribution in [0.3, 0.4) is 0 Å². The summed E-state index contributed by atoms with van der Waals surface area (Å²) in [5.74, 6) is 0.835. The predicted molar refractivity (Wildman–Crippen MR) is 73.0 cm³/mol. The average molecular weight is 254 g/mol. The van der Waals surface area contributed by atoms with Crippen LogP contribution in [0.5, 0.6) is 0 Å². The van der Waals surface area contributed by atoms with Gasteiger partial charge in [-0.1, -0.05) is 0 Å². The molecule has 0 radical (unpaired) electrons. The first kappa shape index (κ1) is 10.7. The first-order valence-electron chi connectivity index (χ1n) is 6.62. The van der Waals surface area contributed by atoms with E-state index in [0.717, 1.165) is 34.6 Å². The molecule has 2 aliphatic rings. The minimum absolute atomic E-state index is 0.0681. The molecule has 1 fully saturated rings. The summed E-state index contributed by atoms with van der Waals surface area (Å²) in [5.41, 5.74) is 2.82. The number of anilines is 1. The predicted octanol–water partition coefficient (Wildman–Crippen LogP) is 2.46. The molecule has 0 bridgehead atoms. The second-order valence-electron chi connectivity index (χ2n) is 5.34. The normalized spacial score (nSPS) is 19.3. The summed E-state index contributed by atoms with van der Waals surface area (Å²) < 4.78 is 0. The van der Waals surface area contributed by atoms with Crippen LogP contribution in [0, 0.1) is 5.92 Å². The Morgan fingerprint density at radius 3 is 3.11 bits per heavy atom. The Labute approximate surface area is 110 Å². The van der Waals surface area contributed by atoms with E-state index < -0.39 is 0 Å². The van der Waals surface area contributed by atoms with Crippen LogP contribution < -0.4 is 5.01 Å². The number of aromatic nitrogens is 2. The molecule has 1 aliphatic heterocycles. The molecule has 0 spiro atoms. The van der Waals surface area contributed by atoms with E-state index in [1.54, 1.807) is 6.20 Å². The van der Waals surface area contributed by atoms with Gasteiger partial charge in [0.05, 0.1) is 23.8 Å². The van der Waals surface area contributed by atoms with E-state index in [4.69, 9.17) is 0 Å². The number of rotatable bonds is 3. The van der Waals surface area contributed by atoms with Gasteiger partial charge in [0.1, 0.15) is 0 Å². The summed E-state index contributed by atoms with van der Waals surface area (Å²) >= 11 is 0. The molecule has 0 atom stereocenters. The van der Waals surface area contributed by atoms with Crippen LogP contribution in [-0.4, -0.2) is 21.8 Å². The monoisotopic (exact) mass is 254 g/mol. The number of hydrogen-bond donors (Lipinski definition) is 1. The highest BCUT2D eigenvalue weighted by atomic mass is 16.2. The second-order valence-corrected chi connectivity index (χ2v) is 5.34. The van der Waals surface area contributed by atoms with Crippen molar-refractivity contribution in [1.82, 2.24) is 10.2 Å². The van der Waals surface area contributed by atoms with Crippen molar-refractivity contribution in [2.45, 2.75) is 25.7 Å². The minimum atomic E-state index is 0.0681. The highest BCUT2D eigenvalue weighted by Gasteiger charge is 2.30. The third-order valence-corrected chi connectivity index (χ3v) is 3.72. The molecule has 5 heteroatoms. The molecule has 1 amide bonds. The lowest BCUT2D eigenvalue weighted by Crippen LogP contribution is -2.19. The lowest BCUT2D eigenvalue weighted by molar-refractivity contribution is -0.116. The van der Waals surface area contributed by atoms with Gasteiger partial charge in [0.25, 0.3) is 5.91 Å². The van der Waals surface area contributed by atoms with Crippen LogP contribution in [0.2, 0.25) is 0 Å². The first-order chi connectivity index (χ1) is 9.29. The Hall–Kier alpha value is -2.17. The van der Waals surface area contributed by atoms with E-state index in [9.17, 15) is 4.79 Å². The van der Waals surface area contributed by atoms with Crippen molar-refractivity contribution in [2.75, 3.05) is 5.01 Å². The standard InChI is InChI=1S/C14H14N4O/c19-14-7-11(5-9-1-2-9)17-18(14)12-3-4-13-10(6-12)8-15-16-13/h3-4,6,8-9H,1-2,5,7H2,(H,15,16). The Balaban J connectivity index is 1.66. The van der Waals surface area contributed by atoms with Crippen molar-refractivity contribution in [2.24, 2.45) is 11.0 Å². The summed E-state index contributed by atoms with van der Waals surface area (Å²) in [7, 11) is 0. The zero-order valence-electron chi connectivity index (χ0n) is 10.5. The van der Waals surface area contributed by atoms with Gasteiger partial charge in [-0.25, -0.2) is 5.01 Å². The van der Waals surface area contributed by atoms with E-state index >= 15 is 0 Å². The third-order valence-electron chi connectivity index (χ3n) is 3.72. The molecule has 19 heavy (non-hydrogen) atoms. The molecule has 1 aromatic heterocycles. The number of carbonyl (C=O) groups is 1. The number of carbonyl (C=O) groups excluding carboxylic acids is 1. The van der Waals surface area contributed by atoms with Gasteiger partial charge in [-0.15, -0.1) is 0 Å². The molecule has 2 aromatic rings. The van der Waals surface area contributed by atoms with Crippen LogP contribution in [0.25, 0.3) is 10.9 Å². The van der Waals surface area contributed by atoms with Crippen molar-refractivity contribution in [3.63, 3.8) is 0 Å². The summed E-state index contributed by atoms with van der Waals surface area (Å²) in [6, 6.07) is 5.78. The van der Waals surface area contributed by atoms with Crippen molar-refractivity contribution < 1.29 is 4.79 Å². The molecule has 1 saturated carbocycles. The van der Waals surface area contributed by atoms with Crippen LogP contribution in [0.1, 0.15) is 25.7 Å². The average Bonchev–Trinajstić information content (AvgIpc) is 2.96. The van der Waals surface area contributed by atoms with Gasteiger partial charge in [0.15, 0.2) is 0 Å². The number of nitrogens with zero attached hydrogens (tertiary/aromatic N) is 3. The Morgan fingerprint density at radius 1 is 1.37 bits per heavy atom. The van der Waals surface area contributed by atoms with E-state index in [1.807, 2.05) is 18.2 Å². The topological polar surface area (TPSA) is 61.4 Å². The maximum absolute atomic E-state index is 12.0. The lowest BCUT2D eigenvalue weighted by Gasteiger charge is -2.11. The minimum Gasteiger partial charge on any atom is -0.278 e. The molecule has 5 nitrogen and oxygen atoms in total. The molecule has 96 valence electrons. The fraction of sp³-hybridized carbons (Fsp3) is 0.357. The van der Waals surface area contributed by atoms with Crippen LogP contribution in [0.4, 0.5) is 5.69 Å². The number of nitrogens with one attached hydrogen (secondary N) is 1. The van der Waals surface area contributed by atoms with Crippen molar-refractivity contribution >= 4 is 28.2 Å². The molecule has 0 saturated heterocycles. The molecule has 1 N–H and O–H groups in total. The molecule has 1 aliphatic carbocycles. The fourth-order valence-electron chi connectivity index (χ4n) is 2.51. The number of fused-ring (bicyclic) bond motifs is 1. The van der Waals surface area contributed by atoms with Gasteiger partial charge in [0.2, 0.25) is 0 Å². The van der Waals surface area contributed by atoms with Gasteiger partial charge >= 0.3 is 0 Å². The molecular weight excluding hydrogens is 240 g/mol. The lowest BCUT2D eigenvalue weighted by atomic mass is 10.1. The molecule has 2 heterocycles. The Morgan fingerprint density at radius 2 is 2.26 bits per heavy atom. The number of benzene rings is 1. The molecular formula is C14H14N4O. The SMILES string of the molecule is O=C1CC(CC2CC2)=NN1c1ccc2[nH]ncc2c1. The van der Waals surface area contributed by atoms with E-state index in [1.165, 1.54) is 17.9 Å². The van der Waals surface area contributed by atoms with E-state index in [2.05, 4.69) is 15.3 Å². The van der Waals surface area contributed by atoms with Gasteiger partial charge in [0, 0.05) is 11.1 Å². The smallest absolute Gasteiger partial charge is 0.253 e. The highest BCUT2D eigenvalue weighted by molar-refractivity contribution is 6.13. The maximum atomic E-state index is 12.0. The second kappa shape index (κ2) is 3.91. The highest BCUT2D eigenvalue weighted by Crippen LogP contribution is 2.35. The zero-order chi connectivity index (χ0) is 12.8. The summed E-state index contributed by atoms with van der Waals surface area (Å²) in [6.07, 6.45) is 5.78. The molecule has 1 aromatic carbocycles. The Kier molecular flexibility index (Phi) is 2.21. The number of hydrazone groups is 1. The van der Waals surface area contributed by atoms with Gasteiger partial charge < -0.3 is 0 Å². The fourth-order valence-corrected chi connectivity index (χ4v) is 2.51. The van der Waals surface area contributed by atoms with Gasteiger partial charge in [-0.2, -0.15) is 10.2 Å². The zero-order valence-corrected chi connectivity index (χ0v) is 10.5. The van der Waals surface area contributed by atoms with Gasteiger partial charge in [-0.05, 0) is 43.4 Å². The summed E-state index contributed by atoms with van der Waals surface area (Å²) in [6.45, 7) is 0. The molecule has 0 unspecified atom stereocenters. The Bertz CT molecular complexity index is 684. The summed E-state index contributed by atoms with van der Waals surface area (Å²) in [4.78, 5) is 12.0. The number of H-pyrrole nitrogens is 1. The third kappa shape index (κ3) is 1.91.